The van der Waals surface area contributed by atoms with E-state index >= 15 is 0 Å². The SMILES string of the molecule is Cc1nn(Cc2cccc(C(=O)N(C)Cc3cnn(C)c3C)c2)c(C)c1Cl. The molecule has 0 N–H and O–H groups in total. The number of nitrogens with zero attached hydrogens (tertiary/aromatic N) is 5. The number of carbonyl (C=O) groups excluding carboxylic acids is 1. The van der Waals surface area contributed by atoms with Crippen molar-refractivity contribution in [3.63, 3.8) is 0 Å². The monoisotopic (exact) mass is 385 g/mol. The fourth-order valence-corrected chi connectivity index (χ4v) is 3.19. The minimum Gasteiger partial charge on any atom is -0.337 e. The topological polar surface area (TPSA) is 56.0 Å². The van der Waals surface area contributed by atoms with Crippen LogP contribution in [0.5, 0.6) is 0 Å². The van der Waals surface area contributed by atoms with Gasteiger partial charge in [-0.05, 0) is 38.5 Å². The highest BCUT2D eigenvalue weighted by atomic mass is 35.5. The second-order valence-electron chi connectivity index (χ2n) is 6.88. The molecule has 0 aliphatic carbocycles. The first-order valence-electron chi connectivity index (χ1n) is 8.79. The Morgan fingerprint density at radius 2 is 1.96 bits per heavy atom. The summed E-state index contributed by atoms with van der Waals surface area (Å²) in [6.45, 7) is 6.94. The van der Waals surface area contributed by atoms with Gasteiger partial charge in [-0.1, -0.05) is 23.7 Å². The molecule has 0 radical (unpaired) electrons. The van der Waals surface area contributed by atoms with Gasteiger partial charge in [0.05, 0.1) is 29.2 Å². The normalized spacial score (nSPS) is 11.0. The molecule has 27 heavy (non-hydrogen) atoms. The molecule has 3 aromatic rings. The van der Waals surface area contributed by atoms with E-state index in [-0.39, 0.29) is 5.91 Å². The quantitative estimate of drug-likeness (QED) is 0.675. The van der Waals surface area contributed by atoms with Crippen molar-refractivity contribution in [3.05, 3.63) is 69.3 Å². The highest BCUT2D eigenvalue weighted by Crippen LogP contribution is 2.20. The van der Waals surface area contributed by atoms with Crippen LogP contribution in [0.3, 0.4) is 0 Å². The van der Waals surface area contributed by atoms with E-state index in [4.69, 9.17) is 11.6 Å². The third kappa shape index (κ3) is 3.90. The molecule has 1 amide bonds. The lowest BCUT2D eigenvalue weighted by molar-refractivity contribution is 0.0784. The Bertz CT molecular complexity index is 988. The van der Waals surface area contributed by atoms with Crippen LogP contribution >= 0.6 is 11.6 Å². The summed E-state index contributed by atoms with van der Waals surface area (Å²) in [4.78, 5) is 14.6. The van der Waals surface area contributed by atoms with Crippen LogP contribution < -0.4 is 0 Å². The maximum absolute atomic E-state index is 12.9. The fourth-order valence-electron chi connectivity index (χ4n) is 3.05. The number of aromatic nitrogens is 4. The number of amides is 1. The minimum atomic E-state index is -0.0218. The predicted octanol–water partition coefficient (Wildman–Crippen LogP) is 3.52. The van der Waals surface area contributed by atoms with Crippen LogP contribution in [0.25, 0.3) is 0 Å². The Hall–Kier alpha value is -2.60. The summed E-state index contributed by atoms with van der Waals surface area (Å²) in [7, 11) is 3.71. The van der Waals surface area contributed by atoms with Gasteiger partial charge in [0.2, 0.25) is 0 Å². The molecule has 2 heterocycles. The van der Waals surface area contributed by atoms with Gasteiger partial charge in [0, 0.05) is 37.5 Å². The minimum absolute atomic E-state index is 0.0218. The van der Waals surface area contributed by atoms with Crippen LogP contribution in [0.4, 0.5) is 0 Å². The Morgan fingerprint density at radius 1 is 1.22 bits per heavy atom. The van der Waals surface area contributed by atoms with Crippen molar-refractivity contribution in [2.75, 3.05) is 7.05 Å². The Morgan fingerprint density at radius 3 is 2.56 bits per heavy atom. The Kier molecular flexibility index (Phi) is 5.37. The molecule has 0 atom stereocenters. The highest BCUT2D eigenvalue weighted by Gasteiger charge is 2.16. The van der Waals surface area contributed by atoms with Gasteiger partial charge in [-0.3, -0.25) is 14.2 Å². The van der Waals surface area contributed by atoms with Gasteiger partial charge in [-0.2, -0.15) is 10.2 Å². The van der Waals surface area contributed by atoms with Crippen molar-refractivity contribution >= 4 is 17.5 Å². The molecule has 0 saturated carbocycles. The van der Waals surface area contributed by atoms with E-state index in [0.717, 1.165) is 28.2 Å². The number of halogens is 1. The molecule has 2 aromatic heterocycles. The average molecular weight is 386 g/mol. The lowest BCUT2D eigenvalue weighted by Gasteiger charge is -2.17. The molecule has 3 rings (SSSR count). The van der Waals surface area contributed by atoms with Gasteiger partial charge in [0.15, 0.2) is 0 Å². The summed E-state index contributed by atoms with van der Waals surface area (Å²) in [5.74, 6) is -0.0218. The molecular formula is C20H24ClN5O. The Labute approximate surface area is 164 Å². The van der Waals surface area contributed by atoms with Gasteiger partial charge in [0.1, 0.15) is 0 Å². The smallest absolute Gasteiger partial charge is 0.253 e. The molecule has 0 aliphatic heterocycles. The van der Waals surface area contributed by atoms with Gasteiger partial charge < -0.3 is 4.90 Å². The first-order chi connectivity index (χ1) is 12.8. The first-order valence-corrected chi connectivity index (χ1v) is 9.17. The zero-order valence-electron chi connectivity index (χ0n) is 16.3. The summed E-state index contributed by atoms with van der Waals surface area (Å²) in [5, 5.41) is 9.39. The van der Waals surface area contributed by atoms with Crippen molar-refractivity contribution in [1.82, 2.24) is 24.5 Å². The number of carbonyl (C=O) groups is 1. The standard InChI is InChI=1S/C20H24ClN5O/c1-13-19(21)15(3)26(23-13)11-16-7-6-8-17(9-16)20(27)24(4)12-18-10-22-25(5)14(18)2/h6-10H,11-12H2,1-5H3. The third-order valence-electron chi connectivity index (χ3n) is 4.89. The molecule has 0 fully saturated rings. The predicted molar refractivity (Wildman–Crippen MR) is 106 cm³/mol. The zero-order chi connectivity index (χ0) is 19.7. The molecule has 7 heteroatoms. The molecule has 0 spiro atoms. The third-order valence-corrected chi connectivity index (χ3v) is 5.44. The number of benzene rings is 1. The summed E-state index contributed by atoms with van der Waals surface area (Å²) in [6.07, 6.45) is 1.81. The van der Waals surface area contributed by atoms with Crippen LogP contribution in [0.1, 0.15) is 38.6 Å². The lowest BCUT2D eigenvalue weighted by atomic mass is 10.1. The summed E-state index contributed by atoms with van der Waals surface area (Å²) < 4.78 is 3.68. The van der Waals surface area contributed by atoms with Crippen LogP contribution in [0.15, 0.2) is 30.5 Å². The van der Waals surface area contributed by atoms with Crippen molar-refractivity contribution in [3.8, 4) is 0 Å². The zero-order valence-corrected chi connectivity index (χ0v) is 17.1. The van der Waals surface area contributed by atoms with Gasteiger partial charge in [-0.25, -0.2) is 0 Å². The van der Waals surface area contributed by atoms with E-state index in [2.05, 4.69) is 10.2 Å². The van der Waals surface area contributed by atoms with E-state index in [9.17, 15) is 4.79 Å². The van der Waals surface area contributed by atoms with E-state index in [1.165, 1.54) is 0 Å². The summed E-state index contributed by atoms with van der Waals surface area (Å²) in [5.41, 5.74) is 5.51. The molecule has 1 aromatic carbocycles. The number of aryl methyl sites for hydroxylation is 2. The Balaban J connectivity index is 1.76. The second kappa shape index (κ2) is 7.56. The van der Waals surface area contributed by atoms with Crippen LogP contribution in [0, 0.1) is 20.8 Å². The van der Waals surface area contributed by atoms with Gasteiger partial charge in [0.25, 0.3) is 5.91 Å². The van der Waals surface area contributed by atoms with E-state index < -0.39 is 0 Å². The van der Waals surface area contributed by atoms with Crippen molar-refractivity contribution < 1.29 is 4.79 Å². The molecule has 0 unspecified atom stereocenters. The van der Waals surface area contributed by atoms with E-state index in [0.29, 0.717) is 23.7 Å². The number of hydrogen-bond acceptors (Lipinski definition) is 3. The van der Waals surface area contributed by atoms with Gasteiger partial charge >= 0.3 is 0 Å². The van der Waals surface area contributed by atoms with Crippen LogP contribution in [0.2, 0.25) is 5.02 Å². The van der Waals surface area contributed by atoms with Crippen molar-refractivity contribution in [2.24, 2.45) is 7.05 Å². The van der Waals surface area contributed by atoms with Crippen molar-refractivity contribution in [2.45, 2.75) is 33.9 Å². The molecule has 0 aliphatic rings. The summed E-state index contributed by atoms with van der Waals surface area (Å²) in [6, 6.07) is 7.65. The van der Waals surface area contributed by atoms with E-state index in [1.54, 1.807) is 4.90 Å². The van der Waals surface area contributed by atoms with Gasteiger partial charge in [-0.15, -0.1) is 0 Å². The average Bonchev–Trinajstić information content (AvgIpc) is 3.09. The molecule has 142 valence electrons. The maximum Gasteiger partial charge on any atom is 0.253 e. The largest absolute Gasteiger partial charge is 0.337 e. The number of hydrogen-bond donors (Lipinski definition) is 0. The maximum atomic E-state index is 12.9. The highest BCUT2D eigenvalue weighted by molar-refractivity contribution is 6.31. The van der Waals surface area contributed by atoms with Crippen LogP contribution in [-0.4, -0.2) is 37.4 Å². The number of rotatable bonds is 5. The molecular weight excluding hydrogens is 362 g/mol. The first kappa shape index (κ1) is 19.2. The molecule has 0 bridgehead atoms. The molecule has 0 saturated heterocycles. The lowest BCUT2D eigenvalue weighted by Crippen LogP contribution is -2.26. The van der Waals surface area contributed by atoms with Crippen molar-refractivity contribution in [1.29, 1.82) is 0 Å². The van der Waals surface area contributed by atoms with E-state index in [1.807, 2.05) is 74.7 Å². The second-order valence-corrected chi connectivity index (χ2v) is 7.26. The fraction of sp³-hybridized carbons (Fsp3) is 0.350. The summed E-state index contributed by atoms with van der Waals surface area (Å²) >= 11 is 6.23. The molecule has 6 nitrogen and oxygen atoms in total. The van der Waals surface area contributed by atoms with Crippen LogP contribution in [-0.2, 0) is 20.1 Å².